The normalized spacial score (nSPS) is 10.5. The molecule has 0 aromatic carbocycles. The van der Waals surface area contributed by atoms with Crippen LogP contribution in [0.25, 0.3) is 11.4 Å². The molecular weight excluding hydrogens is 345 g/mol. The van der Waals surface area contributed by atoms with Crippen LogP contribution in [0.2, 0.25) is 5.02 Å². The molecule has 0 radical (unpaired) electrons. The minimum absolute atomic E-state index is 0.00599. The predicted molar refractivity (Wildman–Crippen MR) is 86.7 cm³/mol. The molecule has 8 nitrogen and oxygen atoms in total. The van der Waals surface area contributed by atoms with Crippen LogP contribution in [0, 0.1) is 4.91 Å². The van der Waals surface area contributed by atoms with Gasteiger partial charge in [0.2, 0.25) is 0 Å². The minimum atomic E-state index is -0.675. The van der Waals surface area contributed by atoms with Crippen LogP contribution in [0.4, 0.5) is 4.79 Å². The molecule has 1 aliphatic carbocycles. The Kier molecular flexibility index (Phi) is 5.89. The highest BCUT2D eigenvalue weighted by Gasteiger charge is 2.15. The van der Waals surface area contributed by atoms with Crippen LogP contribution in [0.3, 0.4) is 0 Å². The first kappa shape index (κ1) is 17.2. The number of nitroso groups, excluding NO2 is 1. The summed E-state index contributed by atoms with van der Waals surface area (Å²) in [5.74, 6) is 0.0906. The first-order valence-electron chi connectivity index (χ1n) is 6.67. The van der Waals surface area contributed by atoms with Crippen LogP contribution < -0.4 is 11.0 Å². The highest BCUT2D eigenvalue weighted by molar-refractivity contribution is 6.30. The van der Waals surface area contributed by atoms with Crippen molar-refractivity contribution >= 4 is 29.2 Å². The zero-order valence-corrected chi connectivity index (χ0v) is 13.4. The average Bonchev–Trinajstić information content (AvgIpc) is 2.71. The second-order valence-electron chi connectivity index (χ2n) is 4.49. The monoisotopic (exact) mass is 357 g/mol. The number of aromatic nitrogens is 2. The maximum absolute atomic E-state index is 11.9. The molecule has 1 aliphatic heterocycles. The molecule has 23 heavy (non-hydrogen) atoms. The SMILES string of the molecule is O=NN(CCCl)C(=O)NCCn1c2ccc(Cl)ccc-2nc1=O. The number of imidazole rings is 1. The molecule has 0 aromatic rings. The van der Waals surface area contributed by atoms with E-state index in [1.165, 1.54) is 4.57 Å². The second kappa shape index (κ2) is 7.89. The topological polar surface area (TPSA) is 96.7 Å². The van der Waals surface area contributed by atoms with Crippen LogP contribution in [-0.4, -0.2) is 39.6 Å². The van der Waals surface area contributed by atoms with E-state index in [4.69, 9.17) is 23.2 Å². The van der Waals surface area contributed by atoms with Gasteiger partial charge in [0.15, 0.2) is 0 Å². The first-order valence-corrected chi connectivity index (χ1v) is 7.58. The lowest BCUT2D eigenvalue weighted by Crippen LogP contribution is -2.39. The molecule has 2 aliphatic rings. The lowest BCUT2D eigenvalue weighted by Gasteiger charge is -2.13. The summed E-state index contributed by atoms with van der Waals surface area (Å²) < 4.78 is 1.41. The third-order valence-corrected chi connectivity index (χ3v) is 3.46. The molecule has 1 N–H and O–H groups in total. The zero-order chi connectivity index (χ0) is 16.8. The molecule has 10 heteroatoms. The van der Waals surface area contributed by atoms with Gasteiger partial charge in [-0.15, -0.1) is 16.5 Å². The van der Waals surface area contributed by atoms with Crippen molar-refractivity contribution in [1.29, 1.82) is 0 Å². The Bertz CT molecular complexity index is 736. The number of rotatable bonds is 6. The molecule has 0 spiro atoms. The summed E-state index contributed by atoms with van der Waals surface area (Å²) in [5.41, 5.74) is 0.677. The Labute approximate surface area is 141 Å². The molecule has 2 amide bonds. The summed E-state index contributed by atoms with van der Waals surface area (Å²) in [4.78, 5) is 38.0. The number of amides is 2. The van der Waals surface area contributed by atoms with Crippen molar-refractivity contribution in [1.82, 2.24) is 19.9 Å². The number of carbonyl (C=O) groups excluding carboxylic acids is 1. The van der Waals surface area contributed by atoms with Gasteiger partial charge in [0.25, 0.3) is 0 Å². The van der Waals surface area contributed by atoms with Crippen molar-refractivity contribution in [2.24, 2.45) is 5.29 Å². The Balaban J connectivity index is 2.06. The summed E-state index contributed by atoms with van der Waals surface area (Å²) in [6, 6.07) is 5.94. The van der Waals surface area contributed by atoms with Crippen LogP contribution in [-0.2, 0) is 6.54 Å². The number of alkyl halides is 1. The molecule has 0 atom stereocenters. The Hall–Kier alpha value is -2.19. The van der Waals surface area contributed by atoms with Gasteiger partial charge in [0.05, 0.1) is 23.2 Å². The number of nitrogens with one attached hydrogen (secondary N) is 1. The number of halogens is 2. The summed E-state index contributed by atoms with van der Waals surface area (Å²) in [6.45, 7) is 0.322. The van der Waals surface area contributed by atoms with Gasteiger partial charge < -0.3 is 5.32 Å². The maximum Gasteiger partial charge on any atom is 0.348 e. The van der Waals surface area contributed by atoms with Crippen molar-refractivity contribution in [3.05, 3.63) is 44.7 Å². The summed E-state index contributed by atoms with van der Waals surface area (Å²) >= 11 is 11.4. The van der Waals surface area contributed by atoms with E-state index >= 15 is 0 Å². The molecule has 0 aromatic heterocycles. The molecule has 0 bridgehead atoms. The molecular formula is C13H13Cl2N5O3. The zero-order valence-electron chi connectivity index (χ0n) is 11.9. The fourth-order valence-electron chi connectivity index (χ4n) is 1.97. The number of carbonyl (C=O) groups is 1. The highest BCUT2D eigenvalue weighted by atomic mass is 35.5. The van der Waals surface area contributed by atoms with E-state index in [0.29, 0.717) is 21.4 Å². The van der Waals surface area contributed by atoms with E-state index in [1.807, 2.05) is 0 Å². The van der Waals surface area contributed by atoms with Crippen molar-refractivity contribution in [2.75, 3.05) is 19.0 Å². The van der Waals surface area contributed by atoms with Crippen molar-refractivity contribution in [3.8, 4) is 11.4 Å². The van der Waals surface area contributed by atoms with Gasteiger partial charge in [-0.3, -0.25) is 4.57 Å². The maximum atomic E-state index is 11.9. The first-order chi connectivity index (χ1) is 11.1. The smallest absolute Gasteiger partial charge is 0.335 e. The van der Waals surface area contributed by atoms with E-state index in [-0.39, 0.29) is 25.5 Å². The van der Waals surface area contributed by atoms with Crippen LogP contribution in [0.5, 0.6) is 0 Å². The molecule has 0 saturated heterocycles. The van der Waals surface area contributed by atoms with Gasteiger partial charge in [0.1, 0.15) is 0 Å². The quantitative estimate of drug-likeness (QED) is 0.485. The summed E-state index contributed by atoms with van der Waals surface area (Å²) in [6.07, 6.45) is 0. The summed E-state index contributed by atoms with van der Waals surface area (Å²) in [7, 11) is 0. The molecule has 2 rings (SSSR count). The second-order valence-corrected chi connectivity index (χ2v) is 5.31. The lowest BCUT2D eigenvalue weighted by atomic mass is 10.3. The van der Waals surface area contributed by atoms with Gasteiger partial charge in [-0.25, -0.2) is 9.59 Å². The number of hydrogen-bond acceptors (Lipinski definition) is 5. The van der Waals surface area contributed by atoms with Crippen LogP contribution in [0.15, 0.2) is 34.3 Å². The van der Waals surface area contributed by atoms with E-state index < -0.39 is 11.7 Å². The Morgan fingerprint density at radius 3 is 2.78 bits per heavy atom. The highest BCUT2D eigenvalue weighted by Crippen LogP contribution is 2.18. The van der Waals surface area contributed by atoms with E-state index in [9.17, 15) is 14.5 Å². The van der Waals surface area contributed by atoms with E-state index in [1.54, 1.807) is 24.3 Å². The average molecular weight is 358 g/mol. The van der Waals surface area contributed by atoms with Gasteiger partial charge in [-0.1, -0.05) is 11.6 Å². The van der Waals surface area contributed by atoms with E-state index in [2.05, 4.69) is 15.6 Å². The molecule has 0 fully saturated rings. The lowest BCUT2D eigenvalue weighted by molar-refractivity contribution is 0.202. The Morgan fingerprint density at radius 1 is 1.35 bits per heavy atom. The molecule has 0 unspecified atom stereocenters. The number of nitrogens with zero attached hydrogens (tertiary/aromatic N) is 4. The third-order valence-electron chi connectivity index (χ3n) is 3.04. The van der Waals surface area contributed by atoms with E-state index in [0.717, 1.165) is 0 Å². The fourth-order valence-corrected chi connectivity index (χ4v) is 2.26. The Morgan fingerprint density at radius 2 is 2.09 bits per heavy atom. The predicted octanol–water partition coefficient (Wildman–Crippen LogP) is 1.93. The largest absolute Gasteiger partial charge is 0.348 e. The van der Waals surface area contributed by atoms with Crippen LogP contribution in [0.1, 0.15) is 0 Å². The van der Waals surface area contributed by atoms with Crippen molar-refractivity contribution in [3.63, 3.8) is 0 Å². The number of hydrogen-bond donors (Lipinski definition) is 1. The standard InChI is InChI=1S/C13H13Cl2N5O3/c14-5-7-20(18-23)12(21)16-6-8-19-11-4-2-9(15)1-3-10(11)17-13(19)22/h1-4H,5-8H2,(H,16,21). The minimum Gasteiger partial charge on any atom is -0.335 e. The van der Waals surface area contributed by atoms with Gasteiger partial charge >= 0.3 is 11.7 Å². The molecule has 1 heterocycles. The molecule has 0 saturated carbocycles. The van der Waals surface area contributed by atoms with Gasteiger partial charge in [-0.05, 0) is 24.3 Å². The van der Waals surface area contributed by atoms with Crippen molar-refractivity contribution in [2.45, 2.75) is 6.54 Å². The van der Waals surface area contributed by atoms with Crippen LogP contribution >= 0.6 is 23.2 Å². The summed E-state index contributed by atoms with van der Waals surface area (Å²) in [5, 5.41) is 6.25. The molecule has 122 valence electrons. The third kappa shape index (κ3) is 4.17. The van der Waals surface area contributed by atoms with Gasteiger partial charge in [0, 0.05) is 24.0 Å². The number of urea groups is 1. The van der Waals surface area contributed by atoms with Gasteiger partial charge in [-0.2, -0.15) is 9.99 Å². The van der Waals surface area contributed by atoms with Crippen molar-refractivity contribution < 1.29 is 4.79 Å². The fraction of sp³-hybridized carbons (Fsp3) is 0.308. The number of fused-ring (bicyclic) bond motifs is 1.